The first-order chi connectivity index (χ1) is 24.4. The summed E-state index contributed by atoms with van der Waals surface area (Å²) in [6.07, 6.45) is -0.330. The third-order valence-corrected chi connectivity index (χ3v) is 9.89. The van der Waals surface area contributed by atoms with Crippen LogP contribution in [0.15, 0.2) is 78.2 Å². The standard InChI is InChI=1S/C37H38ClF4N7O3/c1-34(2,3)20-37(24-11-8-22(9-12-24)26-7-5-6-16-44-26)32(51)48(33(43)47-37)28(19-52-29(50)18-36(14-15-36)35(4,41)42)23-10-13-25(38)27(17-23)49-31(30(39)40)45-21-46-49/h5-13,16-17,21,28,30H,14-15,18-20H2,1-4H3,(H2,43,47)/t28-,37-/m1/s1. The molecule has 10 nitrogen and oxygen atoms in total. The molecule has 52 heavy (non-hydrogen) atoms. The van der Waals surface area contributed by atoms with E-state index in [1.165, 1.54) is 23.1 Å². The summed E-state index contributed by atoms with van der Waals surface area (Å²) in [6.45, 7) is 6.13. The van der Waals surface area contributed by atoms with Crippen molar-refractivity contribution in [3.8, 4) is 16.9 Å². The lowest BCUT2D eigenvalue weighted by molar-refractivity contribution is -0.153. The maximum atomic E-state index is 15.0. The first-order valence-corrected chi connectivity index (χ1v) is 17.0. The van der Waals surface area contributed by atoms with Crippen LogP contribution in [0.3, 0.4) is 0 Å². The molecule has 2 atom stereocenters. The van der Waals surface area contributed by atoms with Gasteiger partial charge in [-0.15, -0.1) is 0 Å². The van der Waals surface area contributed by atoms with Crippen LogP contribution in [-0.4, -0.2) is 55.0 Å². The molecule has 274 valence electrons. The molecule has 0 bridgehead atoms. The molecule has 2 N–H and O–H groups in total. The molecule has 1 aliphatic heterocycles. The number of hydrogen-bond donors (Lipinski definition) is 1. The molecular weight excluding hydrogens is 702 g/mol. The highest BCUT2D eigenvalue weighted by molar-refractivity contribution is 6.32. The normalized spacial score (nSPS) is 19.2. The lowest BCUT2D eigenvalue weighted by Crippen LogP contribution is -2.47. The Morgan fingerprint density at radius 1 is 1.04 bits per heavy atom. The molecule has 1 saturated carbocycles. The summed E-state index contributed by atoms with van der Waals surface area (Å²) in [6, 6.07) is 16.0. The minimum atomic E-state index is -3.10. The number of carbonyl (C=O) groups is 2. The van der Waals surface area contributed by atoms with Gasteiger partial charge in [0.25, 0.3) is 18.3 Å². The molecule has 0 saturated heterocycles. The van der Waals surface area contributed by atoms with Crippen molar-refractivity contribution < 1.29 is 31.9 Å². The Hall–Kier alpha value is -4.85. The SMILES string of the molecule is CC(C)(C)C[C@]1(c2ccc(-c3ccccn3)cc2)N=C(N)N([C@H](COC(=O)CC2(C(C)(F)F)CC2)c2ccc(Cl)c(-n3ncnc3C(F)F)c2)C1=O. The van der Waals surface area contributed by atoms with Crippen LogP contribution < -0.4 is 5.73 Å². The Morgan fingerprint density at radius 3 is 2.35 bits per heavy atom. The number of rotatable bonds is 12. The number of alkyl halides is 4. The van der Waals surface area contributed by atoms with E-state index in [4.69, 9.17) is 27.1 Å². The van der Waals surface area contributed by atoms with Gasteiger partial charge in [0.1, 0.15) is 12.9 Å². The van der Waals surface area contributed by atoms with Crippen LogP contribution in [-0.2, 0) is 19.9 Å². The monoisotopic (exact) mass is 739 g/mol. The van der Waals surface area contributed by atoms with Gasteiger partial charge in [-0.1, -0.05) is 68.8 Å². The van der Waals surface area contributed by atoms with Crippen molar-refractivity contribution in [2.45, 2.75) is 77.3 Å². The minimum Gasteiger partial charge on any atom is -0.463 e. The van der Waals surface area contributed by atoms with Crippen molar-refractivity contribution in [1.29, 1.82) is 0 Å². The molecule has 4 aromatic rings. The number of aliphatic imine (C=N–C) groups is 1. The first kappa shape index (κ1) is 36.9. The number of guanidine groups is 1. The zero-order valence-electron chi connectivity index (χ0n) is 29.0. The maximum absolute atomic E-state index is 15.0. The number of amides is 1. The molecule has 2 aromatic heterocycles. The second kappa shape index (κ2) is 13.6. The van der Waals surface area contributed by atoms with Gasteiger partial charge >= 0.3 is 5.97 Å². The van der Waals surface area contributed by atoms with Crippen molar-refractivity contribution in [1.82, 2.24) is 24.6 Å². The van der Waals surface area contributed by atoms with E-state index in [1.807, 2.05) is 51.1 Å². The number of hydrogen-bond acceptors (Lipinski definition) is 8. The van der Waals surface area contributed by atoms with Gasteiger partial charge in [-0.25, -0.2) is 32.2 Å². The maximum Gasteiger partial charge on any atom is 0.306 e. The minimum absolute atomic E-state index is 0.0130. The van der Waals surface area contributed by atoms with E-state index in [0.717, 1.165) is 29.2 Å². The van der Waals surface area contributed by atoms with Gasteiger partial charge < -0.3 is 10.5 Å². The molecule has 6 rings (SSSR count). The fraction of sp³-hybridized carbons (Fsp3) is 0.405. The van der Waals surface area contributed by atoms with Crippen molar-refractivity contribution in [3.63, 3.8) is 0 Å². The number of esters is 1. The molecule has 2 aliphatic rings. The van der Waals surface area contributed by atoms with Crippen LogP contribution in [0.25, 0.3) is 16.9 Å². The summed E-state index contributed by atoms with van der Waals surface area (Å²) < 4.78 is 63.0. The largest absolute Gasteiger partial charge is 0.463 e. The summed E-state index contributed by atoms with van der Waals surface area (Å²) in [7, 11) is 0. The van der Waals surface area contributed by atoms with Crippen molar-refractivity contribution in [2.24, 2.45) is 21.6 Å². The Morgan fingerprint density at radius 2 is 1.75 bits per heavy atom. The molecular formula is C37H38ClF4N7O3. The van der Waals surface area contributed by atoms with Crippen LogP contribution in [0.4, 0.5) is 17.6 Å². The predicted octanol–water partition coefficient (Wildman–Crippen LogP) is 7.82. The lowest BCUT2D eigenvalue weighted by Gasteiger charge is -2.35. The van der Waals surface area contributed by atoms with E-state index >= 15 is 0 Å². The van der Waals surface area contributed by atoms with Crippen LogP contribution in [0, 0.1) is 10.8 Å². The highest BCUT2D eigenvalue weighted by Gasteiger charge is 2.60. The smallest absolute Gasteiger partial charge is 0.306 e. The number of carbonyl (C=O) groups excluding carboxylic acids is 2. The predicted molar refractivity (Wildman–Crippen MR) is 186 cm³/mol. The Bertz CT molecular complexity index is 1990. The molecule has 3 heterocycles. The summed E-state index contributed by atoms with van der Waals surface area (Å²) in [5.41, 5.74) is 5.53. The fourth-order valence-electron chi connectivity index (χ4n) is 6.75. The average Bonchev–Trinajstić information content (AvgIpc) is 3.63. The van der Waals surface area contributed by atoms with Gasteiger partial charge in [0.2, 0.25) is 0 Å². The average molecular weight is 740 g/mol. The second-order valence-corrected chi connectivity index (χ2v) is 15.0. The van der Waals surface area contributed by atoms with Gasteiger partial charge in [-0.2, -0.15) is 5.10 Å². The number of nitrogens with two attached hydrogens (primary N) is 1. The zero-order valence-corrected chi connectivity index (χ0v) is 29.7. The van der Waals surface area contributed by atoms with Crippen LogP contribution in [0.1, 0.15) is 82.8 Å². The third kappa shape index (κ3) is 7.12. The first-order valence-electron chi connectivity index (χ1n) is 16.7. The van der Waals surface area contributed by atoms with Gasteiger partial charge in [-0.05, 0) is 67.0 Å². The van der Waals surface area contributed by atoms with Crippen molar-refractivity contribution >= 4 is 29.4 Å². The van der Waals surface area contributed by atoms with Gasteiger partial charge in [0.05, 0.1) is 28.9 Å². The van der Waals surface area contributed by atoms with Gasteiger partial charge in [0, 0.05) is 17.2 Å². The summed E-state index contributed by atoms with van der Waals surface area (Å²) in [5.74, 6) is -5.38. The van der Waals surface area contributed by atoms with E-state index in [0.29, 0.717) is 5.56 Å². The van der Waals surface area contributed by atoms with Crippen LogP contribution in [0.2, 0.25) is 5.02 Å². The Kier molecular flexibility index (Phi) is 9.66. The van der Waals surface area contributed by atoms with E-state index in [-0.39, 0.29) is 41.5 Å². The Balaban J connectivity index is 1.41. The lowest BCUT2D eigenvalue weighted by atomic mass is 9.75. The number of benzene rings is 2. The van der Waals surface area contributed by atoms with Crippen LogP contribution >= 0.6 is 11.6 Å². The number of aromatic nitrogens is 4. The summed E-state index contributed by atoms with van der Waals surface area (Å²) >= 11 is 6.47. The van der Waals surface area contributed by atoms with Crippen molar-refractivity contribution in [3.05, 3.63) is 95.2 Å². The summed E-state index contributed by atoms with van der Waals surface area (Å²) in [4.78, 5) is 42.1. The number of ether oxygens (including phenoxy) is 1. The molecule has 1 amide bonds. The van der Waals surface area contributed by atoms with Crippen molar-refractivity contribution in [2.75, 3.05) is 6.61 Å². The molecule has 0 unspecified atom stereocenters. The van der Waals surface area contributed by atoms with E-state index in [1.54, 1.807) is 18.3 Å². The van der Waals surface area contributed by atoms with Gasteiger partial charge in [-0.3, -0.25) is 19.5 Å². The molecule has 15 heteroatoms. The number of halogens is 5. The van der Waals surface area contributed by atoms with E-state index in [2.05, 4.69) is 15.1 Å². The van der Waals surface area contributed by atoms with E-state index in [9.17, 15) is 27.2 Å². The number of nitrogens with zero attached hydrogens (tertiary/aromatic N) is 6. The van der Waals surface area contributed by atoms with E-state index < -0.39 is 65.5 Å². The summed E-state index contributed by atoms with van der Waals surface area (Å²) in [5, 5.41) is 3.96. The quantitative estimate of drug-likeness (QED) is 0.116. The molecule has 0 spiro atoms. The molecule has 2 aromatic carbocycles. The molecule has 0 radical (unpaired) electrons. The van der Waals surface area contributed by atoms with Crippen LogP contribution in [0.5, 0.6) is 0 Å². The second-order valence-electron chi connectivity index (χ2n) is 14.6. The molecule has 1 fully saturated rings. The Labute approximate surface area is 303 Å². The zero-order chi connectivity index (χ0) is 37.6. The fourth-order valence-corrected chi connectivity index (χ4v) is 6.95. The highest BCUT2D eigenvalue weighted by atomic mass is 35.5. The van der Waals surface area contributed by atoms with Gasteiger partial charge in [0.15, 0.2) is 17.3 Å². The number of pyridine rings is 1. The third-order valence-electron chi connectivity index (χ3n) is 9.57. The highest BCUT2D eigenvalue weighted by Crippen LogP contribution is 2.59. The molecule has 1 aliphatic carbocycles. The topological polar surface area (TPSA) is 129 Å².